The van der Waals surface area contributed by atoms with Crippen molar-refractivity contribution in [3.8, 4) is 16.3 Å². The quantitative estimate of drug-likeness (QED) is 0.615. The summed E-state index contributed by atoms with van der Waals surface area (Å²) in [5.74, 6) is 0.816. The molecule has 2 aromatic rings. The number of methoxy groups -OCH3 is 1. The molecule has 0 amide bonds. The minimum absolute atomic E-state index is 0.288. The molecule has 0 spiro atoms. The van der Waals surface area contributed by atoms with Crippen LogP contribution in [0.5, 0.6) is 5.75 Å². The standard InChI is InChI=1S/C12H10N2O2S/c1-16-11-4-2-9(3-5-11)12-14-10(7-17-12)6-13-8-15/h2-5,7H,6H2,1H3. The van der Waals surface area contributed by atoms with E-state index in [4.69, 9.17) is 4.74 Å². The molecule has 0 saturated heterocycles. The number of carbonyl (C=O) groups excluding carboxylic acids is 1. The van der Waals surface area contributed by atoms with E-state index < -0.39 is 0 Å². The molecule has 1 aromatic heterocycles. The van der Waals surface area contributed by atoms with Crippen molar-refractivity contribution in [2.75, 3.05) is 7.11 Å². The van der Waals surface area contributed by atoms with Gasteiger partial charge in [0.05, 0.1) is 19.3 Å². The van der Waals surface area contributed by atoms with Crippen LogP contribution in [-0.2, 0) is 11.3 Å². The minimum atomic E-state index is 0.288. The van der Waals surface area contributed by atoms with Gasteiger partial charge in [-0.05, 0) is 24.3 Å². The monoisotopic (exact) mass is 246 g/mol. The lowest BCUT2D eigenvalue weighted by Crippen LogP contribution is -1.84. The maximum atomic E-state index is 10.00. The zero-order chi connectivity index (χ0) is 12.1. The van der Waals surface area contributed by atoms with Crippen molar-refractivity contribution < 1.29 is 9.53 Å². The van der Waals surface area contributed by atoms with Gasteiger partial charge in [-0.2, -0.15) is 4.99 Å². The molecule has 0 aliphatic heterocycles. The Balaban J connectivity index is 2.20. The highest BCUT2D eigenvalue weighted by Gasteiger charge is 2.04. The van der Waals surface area contributed by atoms with Crippen molar-refractivity contribution in [1.82, 2.24) is 4.98 Å². The molecule has 4 nitrogen and oxygen atoms in total. The molecule has 0 aliphatic rings. The number of benzene rings is 1. The van der Waals surface area contributed by atoms with Gasteiger partial charge in [-0.1, -0.05) is 0 Å². The highest BCUT2D eigenvalue weighted by Crippen LogP contribution is 2.25. The van der Waals surface area contributed by atoms with Crippen molar-refractivity contribution in [1.29, 1.82) is 0 Å². The third kappa shape index (κ3) is 2.78. The Bertz CT molecular complexity index is 542. The summed E-state index contributed by atoms with van der Waals surface area (Å²) in [4.78, 5) is 17.9. The molecule has 1 aromatic carbocycles. The SMILES string of the molecule is COc1ccc(-c2nc(CN=C=O)cs2)cc1. The summed E-state index contributed by atoms with van der Waals surface area (Å²) < 4.78 is 5.09. The van der Waals surface area contributed by atoms with E-state index in [1.807, 2.05) is 29.6 Å². The van der Waals surface area contributed by atoms with Gasteiger partial charge in [0.2, 0.25) is 6.08 Å². The number of hydrogen-bond donors (Lipinski definition) is 0. The fraction of sp³-hybridized carbons (Fsp3) is 0.167. The van der Waals surface area contributed by atoms with Gasteiger partial charge in [-0.15, -0.1) is 11.3 Å². The van der Waals surface area contributed by atoms with Crippen molar-refractivity contribution in [3.63, 3.8) is 0 Å². The lowest BCUT2D eigenvalue weighted by atomic mass is 10.2. The van der Waals surface area contributed by atoms with Gasteiger partial charge < -0.3 is 4.74 Å². The molecule has 0 N–H and O–H groups in total. The third-order valence-corrected chi connectivity index (χ3v) is 3.13. The van der Waals surface area contributed by atoms with E-state index >= 15 is 0 Å². The highest BCUT2D eigenvalue weighted by atomic mass is 32.1. The van der Waals surface area contributed by atoms with Crippen LogP contribution < -0.4 is 4.74 Å². The van der Waals surface area contributed by atoms with E-state index in [0.29, 0.717) is 0 Å². The zero-order valence-electron chi connectivity index (χ0n) is 9.21. The summed E-state index contributed by atoms with van der Waals surface area (Å²) in [7, 11) is 1.63. The molecule has 5 heteroatoms. The third-order valence-electron chi connectivity index (χ3n) is 2.19. The first kappa shape index (κ1) is 11.5. The summed E-state index contributed by atoms with van der Waals surface area (Å²) in [5, 5.41) is 2.80. The molecule has 17 heavy (non-hydrogen) atoms. The first-order valence-electron chi connectivity index (χ1n) is 4.96. The molecule has 0 fully saturated rings. The van der Waals surface area contributed by atoms with Crippen LogP contribution in [0, 0.1) is 0 Å². The summed E-state index contributed by atoms with van der Waals surface area (Å²) in [6.45, 7) is 0.288. The highest BCUT2D eigenvalue weighted by molar-refractivity contribution is 7.13. The maximum Gasteiger partial charge on any atom is 0.235 e. The van der Waals surface area contributed by atoms with E-state index in [1.165, 1.54) is 17.4 Å². The van der Waals surface area contributed by atoms with Gasteiger partial charge in [0, 0.05) is 10.9 Å². The van der Waals surface area contributed by atoms with E-state index in [2.05, 4.69) is 9.98 Å². The summed E-state index contributed by atoms with van der Waals surface area (Å²) in [5.41, 5.74) is 1.81. The average molecular weight is 246 g/mol. The predicted molar refractivity (Wildman–Crippen MR) is 65.9 cm³/mol. The van der Waals surface area contributed by atoms with Crippen LogP contribution in [0.25, 0.3) is 10.6 Å². The molecule has 0 unspecified atom stereocenters. The Morgan fingerprint density at radius 2 is 2.18 bits per heavy atom. The fourth-order valence-electron chi connectivity index (χ4n) is 1.36. The van der Waals surface area contributed by atoms with Gasteiger partial charge in [0.1, 0.15) is 10.8 Å². The Morgan fingerprint density at radius 1 is 1.41 bits per heavy atom. The molecule has 2 rings (SSSR count). The summed E-state index contributed by atoms with van der Waals surface area (Å²) in [6.07, 6.45) is 1.50. The molecular formula is C12H10N2O2S. The number of hydrogen-bond acceptors (Lipinski definition) is 5. The minimum Gasteiger partial charge on any atom is -0.497 e. The number of ether oxygens (including phenoxy) is 1. The van der Waals surface area contributed by atoms with E-state index in [-0.39, 0.29) is 6.54 Å². The van der Waals surface area contributed by atoms with Crippen molar-refractivity contribution >= 4 is 17.4 Å². The number of aromatic nitrogens is 1. The van der Waals surface area contributed by atoms with Crippen molar-refractivity contribution in [2.24, 2.45) is 4.99 Å². The maximum absolute atomic E-state index is 10.00. The largest absolute Gasteiger partial charge is 0.497 e. The Morgan fingerprint density at radius 3 is 2.82 bits per heavy atom. The molecular weight excluding hydrogens is 236 g/mol. The van der Waals surface area contributed by atoms with Crippen molar-refractivity contribution in [3.05, 3.63) is 35.3 Å². The molecule has 86 valence electrons. The van der Waals surface area contributed by atoms with Crippen LogP contribution in [0.2, 0.25) is 0 Å². The Labute approximate surface area is 103 Å². The van der Waals surface area contributed by atoms with Gasteiger partial charge in [-0.25, -0.2) is 9.78 Å². The topological polar surface area (TPSA) is 51.6 Å². The van der Waals surface area contributed by atoms with Crippen molar-refractivity contribution in [2.45, 2.75) is 6.54 Å². The molecule has 1 heterocycles. The van der Waals surface area contributed by atoms with Crippen LogP contribution in [0.4, 0.5) is 0 Å². The lowest BCUT2D eigenvalue weighted by Gasteiger charge is -1.99. The summed E-state index contributed by atoms with van der Waals surface area (Å²) >= 11 is 1.52. The first-order valence-corrected chi connectivity index (χ1v) is 5.84. The second kappa shape index (κ2) is 5.39. The first-order chi connectivity index (χ1) is 8.33. The molecule has 0 saturated carbocycles. The predicted octanol–water partition coefficient (Wildman–Crippen LogP) is 2.65. The number of nitrogens with zero attached hydrogens (tertiary/aromatic N) is 2. The van der Waals surface area contributed by atoms with Crippen LogP contribution in [0.1, 0.15) is 5.69 Å². The van der Waals surface area contributed by atoms with E-state index in [0.717, 1.165) is 22.0 Å². The van der Waals surface area contributed by atoms with Crippen LogP contribution in [0.15, 0.2) is 34.6 Å². The van der Waals surface area contributed by atoms with Crippen LogP contribution in [-0.4, -0.2) is 18.2 Å². The zero-order valence-corrected chi connectivity index (χ0v) is 10.0. The van der Waals surface area contributed by atoms with Crippen LogP contribution >= 0.6 is 11.3 Å². The van der Waals surface area contributed by atoms with Gasteiger partial charge in [0.25, 0.3) is 0 Å². The normalized spacial score (nSPS) is 9.71. The smallest absolute Gasteiger partial charge is 0.235 e. The molecule has 0 radical (unpaired) electrons. The number of isocyanates is 1. The number of thiazole rings is 1. The second-order valence-corrected chi connectivity index (χ2v) is 4.14. The van der Waals surface area contributed by atoms with Crippen LogP contribution in [0.3, 0.4) is 0 Å². The van der Waals surface area contributed by atoms with Gasteiger partial charge in [-0.3, -0.25) is 0 Å². The molecule has 0 atom stereocenters. The molecule has 0 bridgehead atoms. The van der Waals surface area contributed by atoms with Gasteiger partial charge >= 0.3 is 0 Å². The average Bonchev–Trinajstić information content (AvgIpc) is 2.85. The van der Waals surface area contributed by atoms with Gasteiger partial charge in [0.15, 0.2) is 0 Å². The Hall–Kier alpha value is -1.97. The second-order valence-electron chi connectivity index (χ2n) is 3.28. The number of rotatable bonds is 4. The van der Waals surface area contributed by atoms with E-state index in [1.54, 1.807) is 7.11 Å². The fourth-order valence-corrected chi connectivity index (χ4v) is 2.18. The lowest BCUT2D eigenvalue weighted by molar-refractivity contribution is 0.415. The summed E-state index contributed by atoms with van der Waals surface area (Å²) in [6, 6.07) is 7.68. The molecule has 0 aliphatic carbocycles. The number of aliphatic imine (C=N–C) groups is 1. The van der Waals surface area contributed by atoms with E-state index in [9.17, 15) is 4.79 Å². The Kier molecular flexibility index (Phi) is 3.65.